The van der Waals surface area contributed by atoms with Gasteiger partial charge in [-0.2, -0.15) is 5.10 Å². The average molecular weight is 447 g/mol. The molecule has 0 saturated carbocycles. The van der Waals surface area contributed by atoms with Gasteiger partial charge in [0.2, 0.25) is 0 Å². The van der Waals surface area contributed by atoms with Crippen LogP contribution in [0.25, 0.3) is 0 Å². The molecule has 2 aromatic carbocycles. The van der Waals surface area contributed by atoms with Gasteiger partial charge in [0.15, 0.2) is 0 Å². The van der Waals surface area contributed by atoms with Crippen LogP contribution < -0.4 is 5.43 Å². The van der Waals surface area contributed by atoms with Gasteiger partial charge < -0.3 is 5.11 Å². The lowest BCUT2D eigenvalue weighted by molar-refractivity contribution is 0.0955. The number of amides is 1. The number of nitrogens with one attached hydrogen (secondary N) is 1. The van der Waals surface area contributed by atoms with Crippen molar-refractivity contribution in [1.82, 2.24) is 5.43 Å². The number of carbonyl (C=O) groups excluding carboxylic acids is 1. The van der Waals surface area contributed by atoms with E-state index in [4.69, 9.17) is 11.6 Å². The number of carbonyl (C=O) groups is 1. The second-order valence-electron chi connectivity index (χ2n) is 4.43. The van der Waals surface area contributed by atoms with E-state index in [0.29, 0.717) is 26.3 Å². The Bertz CT molecular complexity index is 746. The molecule has 7 heteroatoms. The van der Waals surface area contributed by atoms with Crippen molar-refractivity contribution in [3.63, 3.8) is 0 Å². The number of hydrogen-bond donors (Lipinski definition) is 2. The quantitative estimate of drug-likeness (QED) is 0.529. The highest BCUT2D eigenvalue weighted by Gasteiger charge is 2.11. The predicted octanol–water partition coefficient (Wildman–Crippen LogP) is 4.72. The molecule has 0 heterocycles. The lowest BCUT2D eigenvalue weighted by Crippen LogP contribution is -2.19. The maximum atomic E-state index is 12.0. The third-order valence-electron chi connectivity index (χ3n) is 2.85. The zero-order valence-electron chi connectivity index (χ0n) is 11.4. The normalized spacial score (nSPS) is 11.4. The molecule has 0 radical (unpaired) electrons. The number of nitrogens with zero attached hydrogens (tertiary/aromatic N) is 1. The van der Waals surface area contributed by atoms with Crippen LogP contribution in [0.1, 0.15) is 22.8 Å². The van der Waals surface area contributed by atoms with Crippen molar-refractivity contribution in [3.8, 4) is 5.75 Å². The van der Waals surface area contributed by atoms with Gasteiger partial charge in [-0.05, 0) is 59.3 Å². The maximum Gasteiger partial charge on any atom is 0.271 e. The SMILES string of the molecule is C/C(=N\NC(=O)c1ccc(Cl)cc1)c1cc(Br)cc(Br)c1O. The standard InChI is InChI=1S/C15H11Br2ClN2O2/c1-8(12-6-10(16)7-13(17)14(12)21)19-20-15(22)9-2-4-11(18)5-3-9/h2-7,21H,1H3,(H,20,22)/b19-8+. The highest BCUT2D eigenvalue weighted by molar-refractivity contribution is 9.11. The summed E-state index contributed by atoms with van der Waals surface area (Å²) in [5, 5.41) is 14.6. The Morgan fingerprint density at radius 3 is 2.50 bits per heavy atom. The Labute approximate surface area is 149 Å². The molecule has 0 aliphatic heterocycles. The van der Waals surface area contributed by atoms with Crippen LogP contribution in [-0.2, 0) is 0 Å². The Balaban J connectivity index is 2.19. The third-order valence-corrected chi connectivity index (χ3v) is 4.16. The van der Waals surface area contributed by atoms with Crippen LogP contribution in [0.5, 0.6) is 5.75 Å². The van der Waals surface area contributed by atoms with Crippen LogP contribution in [0.3, 0.4) is 0 Å². The van der Waals surface area contributed by atoms with Crippen LogP contribution in [0, 0.1) is 0 Å². The molecule has 2 rings (SSSR count). The number of phenolic OH excluding ortho intramolecular Hbond substituents is 1. The Morgan fingerprint density at radius 1 is 1.23 bits per heavy atom. The van der Waals surface area contributed by atoms with E-state index in [9.17, 15) is 9.90 Å². The van der Waals surface area contributed by atoms with Gasteiger partial charge in [-0.1, -0.05) is 27.5 Å². The first-order valence-corrected chi connectivity index (χ1v) is 8.13. The Kier molecular flexibility index (Phi) is 5.61. The summed E-state index contributed by atoms with van der Waals surface area (Å²) < 4.78 is 1.32. The summed E-state index contributed by atoms with van der Waals surface area (Å²) in [4.78, 5) is 12.0. The molecule has 22 heavy (non-hydrogen) atoms. The fourth-order valence-corrected chi connectivity index (χ4v) is 3.05. The molecule has 0 unspecified atom stereocenters. The second-order valence-corrected chi connectivity index (χ2v) is 6.64. The van der Waals surface area contributed by atoms with E-state index in [2.05, 4.69) is 42.4 Å². The summed E-state index contributed by atoms with van der Waals surface area (Å²) in [6.07, 6.45) is 0. The summed E-state index contributed by atoms with van der Waals surface area (Å²) in [6.45, 7) is 1.69. The molecular weight excluding hydrogens is 435 g/mol. The highest BCUT2D eigenvalue weighted by Crippen LogP contribution is 2.32. The number of hydrazone groups is 1. The van der Waals surface area contributed by atoms with E-state index in [1.54, 1.807) is 43.3 Å². The minimum atomic E-state index is -0.357. The zero-order chi connectivity index (χ0) is 16.3. The summed E-state index contributed by atoms with van der Waals surface area (Å²) in [5.41, 5.74) is 3.88. The van der Waals surface area contributed by atoms with Gasteiger partial charge in [0.05, 0.1) is 10.2 Å². The minimum Gasteiger partial charge on any atom is -0.506 e. The molecule has 0 atom stereocenters. The first-order valence-electron chi connectivity index (χ1n) is 6.17. The molecule has 0 aliphatic carbocycles. The number of phenols is 1. The van der Waals surface area contributed by atoms with E-state index >= 15 is 0 Å². The van der Waals surface area contributed by atoms with Gasteiger partial charge >= 0.3 is 0 Å². The zero-order valence-corrected chi connectivity index (χ0v) is 15.3. The summed E-state index contributed by atoms with van der Waals surface area (Å²) in [7, 11) is 0. The van der Waals surface area contributed by atoms with Gasteiger partial charge in [-0.25, -0.2) is 5.43 Å². The smallest absolute Gasteiger partial charge is 0.271 e. The number of halogens is 3. The van der Waals surface area contributed by atoms with E-state index in [1.807, 2.05) is 0 Å². The molecule has 0 aliphatic rings. The highest BCUT2D eigenvalue weighted by atomic mass is 79.9. The molecule has 0 saturated heterocycles. The number of benzene rings is 2. The average Bonchev–Trinajstić information content (AvgIpc) is 2.48. The number of hydrogen-bond acceptors (Lipinski definition) is 3. The largest absolute Gasteiger partial charge is 0.506 e. The predicted molar refractivity (Wildman–Crippen MR) is 94.6 cm³/mol. The van der Waals surface area contributed by atoms with E-state index in [0.717, 1.165) is 4.47 Å². The molecule has 2 aromatic rings. The molecule has 4 nitrogen and oxygen atoms in total. The lowest BCUT2D eigenvalue weighted by Gasteiger charge is -2.07. The molecule has 0 spiro atoms. The van der Waals surface area contributed by atoms with Crippen molar-refractivity contribution in [1.29, 1.82) is 0 Å². The summed E-state index contributed by atoms with van der Waals surface area (Å²) >= 11 is 12.4. The Morgan fingerprint density at radius 2 is 1.86 bits per heavy atom. The van der Waals surface area contributed by atoms with Gasteiger partial charge in [-0.15, -0.1) is 0 Å². The van der Waals surface area contributed by atoms with Crippen molar-refractivity contribution in [2.45, 2.75) is 6.92 Å². The maximum absolute atomic E-state index is 12.0. The molecule has 114 valence electrons. The van der Waals surface area contributed by atoms with Gasteiger partial charge in [0.25, 0.3) is 5.91 Å². The Hall–Kier alpha value is -1.37. The number of aromatic hydroxyl groups is 1. The fourth-order valence-electron chi connectivity index (χ4n) is 1.70. The molecule has 2 N–H and O–H groups in total. The number of rotatable bonds is 3. The molecule has 0 fully saturated rings. The van der Waals surface area contributed by atoms with E-state index < -0.39 is 0 Å². The van der Waals surface area contributed by atoms with E-state index in [1.165, 1.54) is 0 Å². The molecule has 0 bridgehead atoms. The third kappa shape index (κ3) is 4.09. The first kappa shape index (κ1) is 17.0. The summed E-state index contributed by atoms with van der Waals surface area (Å²) in [6, 6.07) is 9.91. The van der Waals surface area contributed by atoms with Crippen molar-refractivity contribution in [2.75, 3.05) is 0 Å². The first-order chi connectivity index (χ1) is 10.4. The van der Waals surface area contributed by atoms with E-state index in [-0.39, 0.29) is 11.7 Å². The molecular formula is C15H11Br2ClN2O2. The van der Waals surface area contributed by atoms with Crippen molar-refractivity contribution < 1.29 is 9.90 Å². The fraction of sp³-hybridized carbons (Fsp3) is 0.0667. The topological polar surface area (TPSA) is 61.7 Å². The van der Waals surface area contributed by atoms with Gasteiger partial charge in [0.1, 0.15) is 5.75 Å². The van der Waals surface area contributed by atoms with Crippen molar-refractivity contribution >= 4 is 55.1 Å². The lowest BCUT2D eigenvalue weighted by atomic mass is 10.1. The van der Waals surface area contributed by atoms with Crippen LogP contribution in [0.4, 0.5) is 0 Å². The monoisotopic (exact) mass is 444 g/mol. The van der Waals surface area contributed by atoms with Gasteiger partial charge in [0, 0.05) is 20.6 Å². The van der Waals surface area contributed by atoms with Gasteiger partial charge in [-0.3, -0.25) is 4.79 Å². The van der Waals surface area contributed by atoms with Crippen LogP contribution in [0.15, 0.2) is 50.4 Å². The molecule has 1 amide bonds. The van der Waals surface area contributed by atoms with Crippen LogP contribution in [-0.4, -0.2) is 16.7 Å². The van der Waals surface area contributed by atoms with Crippen LogP contribution >= 0.6 is 43.5 Å². The van der Waals surface area contributed by atoms with Crippen molar-refractivity contribution in [3.05, 3.63) is 61.5 Å². The second kappa shape index (κ2) is 7.26. The molecule has 0 aromatic heterocycles. The minimum absolute atomic E-state index is 0.0604. The van der Waals surface area contributed by atoms with Crippen molar-refractivity contribution in [2.24, 2.45) is 5.10 Å². The summed E-state index contributed by atoms with van der Waals surface area (Å²) in [5.74, 6) is -0.297. The van der Waals surface area contributed by atoms with Crippen LogP contribution in [0.2, 0.25) is 5.02 Å².